The monoisotopic (exact) mass is 240 g/mol. The molecule has 18 heavy (non-hydrogen) atoms. The normalized spacial score (nSPS) is 9.89. The van der Waals surface area contributed by atoms with E-state index >= 15 is 0 Å². The van der Waals surface area contributed by atoms with Crippen LogP contribution in [0.2, 0.25) is 0 Å². The Morgan fingerprint density at radius 2 is 1.78 bits per heavy atom. The van der Waals surface area contributed by atoms with Gasteiger partial charge < -0.3 is 5.32 Å². The molecule has 0 aromatic heterocycles. The number of halogens is 1. The maximum absolute atomic E-state index is 13.3. The lowest BCUT2D eigenvalue weighted by atomic mass is 10.1. The maximum Gasteiger partial charge on any atom is 0.126 e. The molecule has 0 aliphatic carbocycles. The lowest BCUT2D eigenvalue weighted by Gasteiger charge is -2.09. The second kappa shape index (κ2) is 4.89. The smallest absolute Gasteiger partial charge is 0.126 e. The summed E-state index contributed by atoms with van der Waals surface area (Å²) in [5.41, 5.74) is 4.14. The van der Waals surface area contributed by atoms with Crippen molar-refractivity contribution >= 4 is 11.4 Å². The highest BCUT2D eigenvalue weighted by Gasteiger charge is 2.02. The first-order valence-electron chi connectivity index (χ1n) is 5.63. The van der Waals surface area contributed by atoms with E-state index < -0.39 is 5.82 Å². The van der Waals surface area contributed by atoms with E-state index in [0.29, 0.717) is 11.3 Å². The molecule has 90 valence electrons. The third kappa shape index (κ3) is 2.67. The number of rotatable bonds is 2. The fraction of sp³-hybridized carbons (Fsp3) is 0.133. The van der Waals surface area contributed by atoms with E-state index in [9.17, 15) is 4.39 Å². The Kier molecular flexibility index (Phi) is 3.29. The van der Waals surface area contributed by atoms with Gasteiger partial charge in [0.1, 0.15) is 5.82 Å². The van der Waals surface area contributed by atoms with Crippen LogP contribution in [0.1, 0.15) is 16.7 Å². The number of nitriles is 1. The van der Waals surface area contributed by atoms with Crippen LogP contribution in [-0.2, 0) is 0 Å². The van der Waals surface area contributed by atoms with E-state index in [1.165, 1.54) is 17.7 Å². The Balaban J connectivity index is 2.31. The fourth-order valence-corrected chi connectivity index (χ4v) is 1.71. The molecule has 2 rings (SSSR count). The van der Waals surface area contributed by atoms with Gasteiger partial charge in [-0.05, 0) is 55.3 Å². The summed E-state index contributed by atoms with van der Waals surface area (Å²) in [6.07, 6.45) is 0. The molecular weight excluding hydrogens is 227 g/mol. The van der Waals surface area contributed by atoms with Crippen LogP contribution >= 0.6 is 0 Å². The summed E-state index contributed by atoms with van der Waals surface area (Å²) in [6, 6.07) is 12.1. The Morgan fingerprint density at radius 3 is 2.44 bits per heavy atom. The van der Waals surface area contributed by atoms with Crippen LogP contribution in [0.15, 0.2) is 36.4 Å². The average molecular weight is 240 g/mol. The van der Waals surface area contributed by atoms with Gasteiger partial charge in [-0.15, -0.1) is 0 Å². The van der Waals surface area contributed by atoms with E-state index in [0.717, 1.165) is 11.3 Å². The number of nitrogens with zero attached hydrogens (tertiary/aromatic N) is 1. The lowest BCUT2D eigenvalue weighted by molar-refractivity contribution is 0.628. The number of nitrogens with one attached hydrogen (secondary N) is 1. The molecular formula is C15H13FN2. The first-order chi connectivity index (χ1) is 8.58. The second-order valence-electron chi connectivity index (χ2n) is 4.26. The van der Waals surface area contributed by atoms with E-state index in [1.807, 2.05) is 38.1 Å². The maximum atomic E-state index is 13.3. The van der Waals surface area contributed by atoms with Crippen molar-refractivity contribution in [3.63, 3.8) is 0 Å². The number of anilines is 2. The van der Waals surface area contributed by atoms with Gasteiger partial charge in [-0.1, -0.05) is 6.07 Å². The summed E-state index contributed by atoms with van der Waals surface area (Å²) >= 11 is 0. The minimum atomic E-state index is -0.416. The first kappa shape index (κ1) is 12.1. The zero-order valence-electron chi connectivity index (χ0n) is 10.3. The third-order valence-corrected chi connectivity index (χ3v) is 2.82. The number of hydrogen-bond donors (Lipinski definition) is 1. The van der Waals surface area contributed by atoms with Gasteiger partial charge in [0.15, 0.2) is 0 Å². The highest BCUT2D eigenvalue weighted by Crippen LogP contribution is 2.21. The largest absolute Gasteiger partial charge is 0.355 e. The van der Waals surface area contributed by atoms with E-state index in [1.54, 1.807) is 6.07 Å². The summed E-state index contributed by atoms with van der Waals surface area (Å²) in [6.45, 7) is 4.06. The van der Waals surface area contributed by atoms with Crippen LogP contribution in [-0.4, -0.2) is 0 Å². The van der Waals surface area contributed by atoms with E-state index in [-0.39, 0.29) is 0 Å². The number of benzene rings is 2. The Morgan fingerprint density at radius 1 is 1.00 bits per heavy atom. The van der Waals surface area contributed by atoms with Gasteiger partial charge in [-0.2, -0.15) is 5.26 Å². The van der Waals surface area contributed by atoms with Crippen molar-refractivity contribution in [2.24, 2.45) is 0 Å². The van der Waals surface area contributed by atoms with Gasteiger partial charge in [-0.25, -0.2) is 4.39 Å². The number of aryl methyl sites for hydroxylation is 2. The molecule has 0 unspecified atom stereocenters. The third-order valence-electron chi connectivity index (χ3n) is 2.82. The topological polar surface area (TPSA) is 35.8 Å². The van der Waals surface area contributed by atoms with Crippen molar-refractivity contribution in [1.82, 2.24) is 0 Å². The highest BCUT2D eigenvalue weighted by atomic mass is 19.1. The Bertz CT molecular complexity index is 627. The van der Waals surface area contributed by atoms with E-state index in [4.69, 9.17) is 5.26 Å². The standard InChI is InChI=1S/C15H13FN2/c1-10-3-4-14(5-11(10)2)18-15-7-12(9-17)6-13(16)8-15/h3-8,18H,1-2H3. The lowest BCUT2D eigenvalue weighted by Crippen LogP contribution is -1.93. The molecule has 2 aromatic carbocycles. The highest BCUT2D eigenvalue weighted by molar-refractivity contribution is 5.62. The molecule has 0 heterocycles. The summed E-state index contributed by atoms with van der Waals surface area (Å²) < 4.78 is 13.3. The van der Waals surface area contributed by atoms with Gasteiger partial charge in [0.2, 0.25) is 0 Å². The molecule has 3 heteroatoms. The predicted octanol–water partition coefficient (Wildman–Crippen LogP) is 4.06. The predicted molar refractivity (Wildman–Crippen MR) is 70.3 cm³/mol. The Hall–Kier alpha value is -2.34. The fourth-order valence-electron chi connectivity index (χ4n) is 1.71. The molecule has 2 nitrogen and oxygen atoms in total. The first-order valence-corrected chi connectivity index (χ1v) is 5.63. The second-order valence-corrected chi connectivity index (χ2v) is 4.26. The molecule has 0 aliphatic rings. The molecule has 0 radical (unpaired) electrons. The van der Waals surface area contributed by atoms with Crippen molar-refractivity contribution in [1.29, 1.82) is 5.26 Å². The van der Waals surface area contributed by atoms with Crippen LogP contribution in [0.3, 0.4) is 0 Å². The summed E-state index contributed by atoms with van der Waals surface area (Å²) in [5, 5.41) is 11.9. The van der Waals surface area contributed by atoms with Gasteiger partial charge >= 0.3 is 0 Å². The molecule has 0 aliphatic heterocycles. The van der Waals surface area contributed by atoms with Gasteiger partial charge in [-0.3, -0.25) is 0 Å². The van der Waals surface area contributed by atoms with Crippen molar-refractivity contribution < 1.29 is 4.39 Å². The SMILES string of the molecule is Cc1ccc(Nc2cc(F)cc(C#N)c2)cc1C. The molecule has 0 saturated carbocycles. The van der Waals surface area contributed by atoms with Gasteiger partial charge in [0.25, 0.3) is 0 Å². The summed E-state index contributed by atoms with van der Waals surface area (Å²) in [7, 11) is 0. The number of hydrogen-bond acceptors (Lipinski definition) is 2. The van der Waals surface area contributed by atoms with Crippen LogP contribution in [0.25, 0.3) is 0 Å². The summed E-state index contributed by atoms with van der Waals surface area (Å²) in [5.74, 6) is -0.416. The summed E-state index contributed by atoms with van der Waals surface area (Å²) in [4.78, 5) is 0. The van der Waals surface area contributed by atoms with Crippen LogP contribution in [0.4, 0.5) is 15.8 Å². The van der Waals surface area contributed by atoms with Crippen LogP contribution < -0.4 is 5.32 Å². The minimum Gasteiger partial charge on any atom is -0.355 e. The molecule has 0 amide bonds. The Labute approximate surface area is 106 Å². The van der Waals surface area contributed by atoms with Crippen LogP contribution in [0, 0.1) is 31.0 Å². The molecule has 1 N–H and O–H groups in total. The molecule has 2 aromatic rings. The van der Waals surface area contributed by atoms with Gasteiger partial charge in [0, 0.05) is 11.4 Å². The molecule has 0 bridgehead atoms. The van der Waals surface area contributed by atoms with Crippen molar-refractivity contribution in [2.45, 2.75) is 13.8 Å². The minimum absolute atomic E-state index is 0.307. The van der Waals surface area contributed by atoms with Crippen LogP contribution in [0.5, 0.6) is 0 Å². The van der Waals surface area contributed by atoms with Crippen molar-refractivity contribution in [2.75, 3.05) is 5.32 Å². The zero-order valence-corrected chi connectivity index (χ0v) is 10.3. The van der Waals surface area contributed by atoms with Crippen molar-refractivity contribution in [3.8, 4) is 6.07 Å². The molecule has 0 fully saturated rings. The molecule has 0 saturated heterocycles. The average Bonchev–Trinajstić information content (AvgIpc) is 2.33. The van der Waals surface area contributed by atoms with Gasteiger partial charge in [0.05, 0.1) is 11.6 Å². The quantitative estimate of drug-likeness (QED) is 0.859. The van der Waals surface area contributed by atoms with Crippen molar-refractivity contribution in [3.05, 3.63) is 58.9 Å². The molecule has 0 spiro atoms. The molecule has 0 atom stereocenters. The zero-order chi connectivity index (χ0) is 13.1. The van der Waals surface area contributed by atoms with E-state index in [2.05, 4.69) is 5.32 Å².